The zero-order chi connectivity index (χ0) is 10.7. The molecule has 0 saturated carbocycles. The number of aliphatic hydroxyl groups excluding tert-OH is 1. The summed E-state index contributed by atoms with van der Waals surface area (Å²) in [5, 5.41) is 13.1. The lowest BCUT2D eigenvalue weighted by Crippen LogP contribution is -2.48. The summed E-state index contributed by atoms with van der Waals surface area (Å²) in [7, 11) is 0. The molecule has 0 radical (unpaired) electrons. The monoisotopic (exact) mass is 269 g/mol. The highest BCUT2D eigenvalue weighted by Gasteiger charge is 2.34. The van der Waals surface area contributed by atoms with E-state index in [1.165, 1.54) is 18.4 Å². The van der Waals surface area contributed by atoms with E-state index >= 15 is 0 Å². The molecule has 2 nitrogen and oxygen atoms in total. The Kier molecular flexibility index (Phi) is 3.44. The Balaban J connectivity index is 2.36. The lowest BCUT2D eigenvalue weighted by Gasteiger charge is -2.38. The zero-order valence-corrected chi connectivity index (χ0v) is 10.3. The zero-order valence-electron chi connectivity index (χ0n) is 8.67. The van der Waals surface area contributed by atoms with Crippen LogP contribution in [0.4, 0.5) is 0 Å². The normalized spacial score (nSPS) is 26.5. The van der Waals surface area contributed by atoms with Crippen molar-refractivity contribution in [2.24, 2.45) is 0 Å². The topological polar surface area (TPSA) is 32.3 Å². The van der Waals surface area contributed by atoms with E-state index in [0.717, 1.165) is 17.4 Å². The molecule has 82 valence electrons. The molecular weight excluding hydrogens is 254 g/mol. The predicted molar refractivity (Wildman–Crippen MR) is 64.8 cm³/mol. The van der Waals surface area contributed by atoms with Crippen LogP contribution >= 0.6 is 15.9 Å². The van der Waals surface area contributed by atoms with Crippen LogP contribution in [0, 0.1) is 0 Å². The fourth-order valence-electron chi connectivity index (χ4n) is 2.27. The molecule has 1 fully saturated rings. The quantitative estimate of drug-likeness (QED) is 0.865. The van der Waals surface area contributed by atoms with Crippen LogP contribution in [0.5, 0.6) is 0 Å². The standard InChI is InChI=1S/C12H16BrNO/c13-11-6-2-1-5-10(11)12(9-15)7-3-4-8-14-12/h1-2,5-6,14-15H,3-4,7-9H2. The lowest BCUT2D eigenvalue weighted by atomic mass is 9.83. The van der Waals surface area contributed by atoms with E-state index in [4.69, 9.17) is 0 Å². The van der Waals surface area contributed by atoms with Gasteiger partial charge in [-0.1, -0.05) is 34.1 Å². The number of rotatable bonds is 2. The maximum atomic E-state index is 9.64. The molecule has 2 N–H and O–H groups in total. The minimum Gasteiger partial charge on any atom is -0.394 e. The van der Waals surface area contributed by atoms with Gasteiger partial charge in [0, 0.05) is 4.47 Å². The van der Waals surface area contributed by atoms with Crippen molar-refractivity contribution >= 4 is 15.9 Å². The molecule has 1 atom stereocenters. The van der Waals surface area contributed by atoms with Crippen LogP contribution in [0.25, 0.3) is 0 Å². The first kappa shape index (κ1) is 11.1. The third-order valence-electron chi connectivity index (χ3n) is 3.15. The van der Waals surface area contributed by atoms with Crippen molar-refractivity contribution in [3.63, 3.8) is 0 Å². The number of benzene rings is 1. The average molecular weight is 270 g/mol. The SMILES string of the molecule is OCC1(c2ccccc2Br)CCCCN1. The van der Waals surface area contributed by atoms with Gasteiger partial charge >= 0.3 is 0 Å². The smallest absolute Gasteiger partial charge is 0.0680 e. The molecule has 1 unspecified atom stereocenters. The average Bonchev–Trinajstić information content (AvgIpc) is 2.30. The summed E-state index contributed by atoms with van der Waals surface area (Å²) in [6.45, 7) is 1.15. The van der Waals surface area contributed by atoms with Gasteiger partial charge in [0.15, 0.2) is 0 Å². The highest BCUT2D eigenvalue weighted by molar-refractivity contribution is 9.10. The Labute approximate surface area is 98.8 Å². The summed E-state index contributed by atoms with van der Waals surface area (Å²) in [5.74, 6) is 0. The number of halogens is 1. The van der Waals surface area contributed by atoms with Crippen molar-refractivity contribution < 1.29 is 5.11 Å². The highest BCUT2D eigenvalue weighted by Crippen LogP contribution is 2.34. The van der Waals surface area contributed by atoms with Gasteiger partial charge in [-0.2, -0.15) is 0 Å². The van der Waals surface area contributed by atoms with E-state index < -0.39 is 0 Å². The second-order valence-electron chi connectivity index (χ2n) is 4.10. The van der Waals surface area contributed by atoms with Gasteiger partial charge in [-0.05, 0) is 37.4 Å². The second-order valence-corrected chi connectivity index (χ2v) is 4.96. The fourth-order valence-corrected chi connectivity index (χ4v) is 2.93. The largest absolute Gasteiger partial charge is 0.394 e. The molecule has 1 heterocycles. The van der Waals surface area contributed by atoms with Crippen LogP contribution in [-0.2, 0) is 5.54 Å². The van der Waals surface area contributed by atoms with Crippen LogP contribution in [0.15, 0.2) is 28.7 Å². The molecule has 0 spiro atoms. The van der Waals surface area contributed by atoms with Crippen molar-refractivity contribution in [1.82, 2.24) is 5.32 Å². The van der Waals surface area contributed by atoms with Crippen LogP contribution in [0.1, 0.15) is 24.8 Å². The van der Waals surface area contributed by atoms with Gasteiger partial charge in [0.1, 0.15) is 0 Å². The fraction of sp³-hybridized carbons (Fsp3) is 0.500. The van der Waals surface area contributed by atoms with E-state index in [2.05, 4.69) is 27.3 Å². The van der Waals surface area contributed by atoms with Gasteiger partial charge in [0.2, 0.25) is 0 Å². The van der Waals surface area contributed by atoms with E-state index in [1.807, 2.05) is 18.2 Å². The lowest BCUT2D eigenvalue weighted by molar-refractivity contribution is 0.131. The summed E-state index contributed by atoms with van der Waals surface area (Å²) < 4.78 is 1.08. The molecule has 1 aliphatic heterocycles. The van der Waals surface area contributed by atoms with Crippen LogP contribution < -0.4 is 5.32 Å². The first-order chi connectivity index (χ1) is 7.28. The summed E-state index contributed by atoms with van der Waals surface area (Å²) in [4.78, 5) is 0. The molecule has 1 aromatic carbocycles. The van der Waals surface area contributed by atoms with Crippen LogP contribution in [0.3, 0.4) is 0 Å². The number of hydrogen-bond acceptors (Lipinski definition) is 2. The van der Waals surface area contributed by atoms with Crippen molar-refractivity contribution in [1.29, 1.82) is 0 Å². The van der Waals surface area contributed by atoms with Gasteiger partial charge in [0.25, 0.3) is 0 Å². The van der Waals surface area contributed by atoms with Gasteiger partial charge < -0.3 is 10.4 Å². The van der Waals surface area contributed by atoms with Crippen molar-refractivity contribution in [2.75, 3.05) is 13.2 Å². The maximum absolute atomic E-state index is 9.64. The maximum Gasteiger partial charge on any atom is 0.0680 e. The van der Waals surface area contributed by atoms with Crippen molar-refractivity contribution in [3.8, 4) is 0 Å². The van der Waals surface area contributed by atoms with E-state index in [0.29, 0.717) is 0 Å². The number of aliphatic hydroxyl groups is 1. The Morgan fingerprint density at radius 2 is 2.13 bits per heavy atom. The molecule has 15 heavy (non-hydrogen) atoms. The molecule has 1 aromatic rings. The Morgan fingerprint density at radius 3 is 2.73 bits per heavy atom. The van der Waals surface area contributed by atoms with Crippen LogP contribution in [-0.4, -0.2) is 18.3 Å². The molecule has 0 aromatic heterocycles. The van der Waals surface area contributed by atoms with Crippen molar-refractivity contribution in [3.05, 3.63) is 34.3 Å². The number of hydrogen-bond donors (Lipinski definition) is 2. The van der Waals surface area contributed by atoms with Crippen LogP contribution in [0.2, 0.25) is 0 Å². The molecule has 3 heteroatoms. The minimum absolute atomic E-state index is 0.162. The molecule has 2 rings (SSSR count). The summed E-state index contributed by atoms with van der Waals surface area (Å²) >= 11 is 3.56. The number of piperidine rings is 1. The molecule has 0 aliphatic carbocycles. The van der Waals surface area contributed by atoms with E-state index in [9.17, 15) is 5.11 Å². The third-order valence-corrected chi connectivity index (χ3v) is 3.84. The molecular formula is C12H16BrNO. The van der Waals surface area contributed by atoms with Gasteiger partial charge in [-0.25, -0.2) is 0 Å². The van der Waals surface area contributed by atoms with E-state index in [-0.39, 0.29) is 12.1 Å². The minimum atomic E-state index is -0.238. The molecule has 1 saturated heterocycles. The van der Waals surface area contributed by atoms with Crippen molar-refractivity contribution in [2.45, 2.75) is 24.8 Å². The molecule has 1 aliphatic rings. The predicted octanol–water partition coefficient (Wildman–Crippen LogP) is 2.41. The molecule has 0 amide bonds. The Morgan fingerprint density at radius 1 is 1.33 bits per heavy atom. The van der Waals surface area contributed by atoms with Gasteiger partial charge in [0.05, 0.1) is 12.1 Å². The first-order valence-electron chi connectivity index (χ1n) is 5.39. The highest BCUT2D eigenvalue weighted by atomic mass is 79.9. The van der Waals surface area contributed by atoms with Gasteiger partial charge in [-0.15, -0.1) is 0 Å². The van der Waals surface area contributed by atoms with E-state index in [1.54, 1.807) is 0 Å². The molecule has 0 bridgehead atoms. The number of nitrogens with one attached hydrogen (secondary N) is 1. The first-order valence-corrected chi connectivity index (χ1v) is 6.19. The summed E-state index contributed by atoms with van der Waals surface area (Å²) in [5.41, 5.74) is 0.936. The Hall–Kier alpha value is -0.380. The van der Waals surface area contributed by atoms with Gasteiger partial charge in [-0.3, -0.25) is 0 Å². The summed E-state index contributed by atoms with van der Waals surface area (Å²) in [6, 6.07) is 8.14. The second kappa shape index (κ2) is 4.64. The third kappa shape index (κ3) is 2.10. The summed E-state index contributed by atoms with van der Waals surface area (Å²) in [6.07, 6.45) is 3.38. The Bertz CT molecular complexity index is 334.